The van der Waals surface area contributed by atoms with Gasteiger partial charge >= 0.3 is 0 Å². The number of pyridine rings is 1. The molecule has 154 valence electrons. The third-order valence-corrected chi connectivity index (χ3v) is 5.16. The van der Waals surface area contributed by atoms with E-state index in [1.54, 1.807) is 24.4 Å². The summed E-state index contributed by atoms with van der Waals surface area (Å²) in [5, 5.41) is 2.62. The van der Waals surface area contributed by atoms with Gasteiger partial charge in [-0.1, -0.05) is 30.3 Å². The lowest BCUT2D eigenvalue weighted by atomic mass is 10.2. The Morgan fingerprint density at radius 3 is 2.53 bits per heavy atom. The number of ketones is 1. The molecule has 1 aromatic heterocycles. The zero-order valence-electron chi connectivity index (χ0n) is 16.2. The lowest BCUT2D eigenvalue weighted by Crippen LogP contribution is -2.30. The summed E-state index contributed by atoms with van der Waals surface area (Å²) >= 11 is 1.42. The second-order valence-electron chi connectivity index (χ2n) is 6.52. The number of nitrogens with zero attached hydrogens (tertiary/aromatic N) is 1. The smallest absolute Gasteiger partial charge is 0.253 e. The van der Waals surface area contributed by atoms with E-state index in [4.69, 9.17) is 4.74 Å². The van der Waals surface area contributed by atoms with Crippen molar-refractivity contribution in [3.05, 3.63) is 95.6 Å². The monoisotopic (exact) mass is 424 g/mol. The molecule has 0 radical (unpaired) electrons. The van der Waals surface area contributed by atoms with Gasteiger partial charge in [-0.05, 0) is 35.9 Å². The van der Waals surface area contributed by atoms with Gasteiger partial charge in [-0.3, -0.25) is 14.6 Å². The van der Waals surface area contributed by atoms with Crippen LogP contribution in [0.3, 0.4) is 0 Å². The molecule has 7 heteroatoms. The number of rotatable bonds is 10. The molecule has 0 saturated heterocycles. The zero-order chi connectivity index (χ0) is 21.2. The molecule has 1 N–H and O–H groups in total. The molecule has 0 bridgehead atoms. The second-order valence-corrected chi connectivity index (χ2v) is 7.51. The van der Waals surface area contributed by atoms with Crippen LogP contribution < -0.4 is 10.1 Å². The number of hydrogen-bond acceptors (Lipinski definition) is 5. The number of aromatic nitrogens is 1. The third kappa shape index (κ3) is 7.00. The second kappa shape index (κ2) is 11.1. The van der Waals surface area contributed by atoms with Crippen LogP contribution in [0.2, 0.25) is 0 Å². The minimum absolute atomic E-state index is 0.0556. The Bertz CT molecular complexity index is 981. The zero-order valence-corrected chi connectivity index (χ0v) is 17.0. The van der Waals surface area contributed by atoms with Crippen LogP contribution in [0.1, 0.15) is 21.5 Å². The lowest BCUT2D eigenvalue weighted by Gasteiger charge is -2.08. The van der Waals surface area contributed by atoms with E-state index in [1.165, 1.54) is 30.1 Å². The van der Waals surface area contributed by atoms with Crippen LogP contribution in [0.25, 0.3) is 0 Å². The molecule has 2 aromatic carbocycles. The van der Waals surface area contributed by atoms with Crippen LogP contribution in [0.4, 0.5) is 4.39 Å². The predicted octanol–water partition coefficient (Wildman–Crippen LogP) is 4.03. The van der Waals surface area contributed by atoms with Crippen molar-refractivity contribution >= 4 is 23.5 Å². The molecule has 0 fully saturated rings. The summed E-state index contributed by atoms with van der Waals surface area (Å²) in [5.41, 5.74) is 2.07. The molecule has 1 heterocycles. The first-order chi connectivity index (χ1) is 14.6. The maximum Gasteiger partial charge on any atom is 0.253 e. The molecule has 0 saturated carbocycles. The Labute approximate surface area is 178 Å². The van der Waals surface area contributed by atoms with E-state index >= 15 is 0 Å². The first kappa shape index (κ1) is 21.5. The van der Waals surface area contributed by atoms with E-state index in [1.807, 2.05) is 30.3 Å². The standard InChI is InChI=1S/C23H21FN2O3S/c24-20-8-6-17(7-9-20)15-30-16-21(27)13-26-23(28)19-10-18(11-25-12-19)14-29-22-4-2-1-3-5-22/h1-12H,13-16H2,(H,26,28). The van der Waals surface area contributed by atoms with E-state index in [-0.39, 0.29) is 36.4 Å². The molecule has 0 aliphatic carbocycles. The van der Waals surface area contributed by atoms with E-state index in [9.17, 15) is 14.0 Å². The highest BCUT2D eigenvalue weighted by Gasteiger charge is 2.10. The number of carbonyl (C=O) groups is 2. The van der Waals surface area contributed by atoms with Crippen molar-refractivity contribution in [2.75, 3.05) is 12.3 Å². The van der Waals surface area contributed by atoms with Crippen LogP contribution in [-0.2, 0) is 17.2 Å². The Hall–Kier alpha value is -3.19. The molecular weight excluding hydrogens is 403 g/mol. The van der Waals surface area contributed by atoms with Gasteiger partial charge in [0.15, 0.2) is 5.78 Å². The highest BCUT2D eigenvalue weighted by atomic mass is 32.2. The quantitative estimate of drug-likeness (QED) is 0.532. The Balaban J connectivity index is 1.41. The van der Waals surface area contributed by atoms with E-state index in [0.29, 0.717) is 11.3 Å². The van der Waals surface area contributed by atoms with Crippen LogP contribution in [0, 0.1) is 5.82 Å². The summed E-state index contributed by atoms with van der Waals surface area (Å²) in [6, 6.07) is 17.2. The van der Waals surface area contributed by atoms with Gasteiger partial charge in [-0.25, -0.2) is 4.39 Å². The van der Waals surface area contributed by atoms with Crippen molar-refractivity contribution in [2.45, 2.75) is 12.4 Å². The minimum Gasteiger partial charge on any atom is -0.489 e. The van der Waals surface area contributed by atoms with Gasteiger partial charge in [0, 0.05) is 23.7 Å². The molecule has 0 aliphatic rings. The summed E-state index contributed by atoms with van der Waals surface area (Å²) in [4.78, 5) is 28.4. The van der Waals surface area contributed by atoms with E-state index in [2.05, 4.69) is 10.3 Å². The van der Waals surface area contributed by atoms with E-state index < -0.39 is 0 Å². The summed E-state index contributed by atoms with van der Waals surface area (Å²) in [6.45, 7) is 0.233. The summed E-state index contributed by atoms with van der Waals surface area (Å²) in [7, 11) is 0. The van der Waals surface area contributed by atoms with Crippen molar-refractivity contribution in [3.8, 4) is 5.75 Å². The summed E-state index contributed by atoms with van der Waals surface area (Å²) < 4.78 is 18.5. The lowest BCUT2D eigenvalue weighted by molar-refractivity contribution is -0.115. The van der Waals surface area contributed by atoms with Crippen molar-refractivity contribution in [2.24, 2.45) is 0 Å². The molecule has 0 unspecified atom stereocenters. The number of carbonyl (C=O) groups excluding carboxylic acids is 2. The number of thioether (sulfide) groups is 1. The molecule has 0 atom stereocenters. The van der Waals surface area contributed by atoms with Gasteiger partial charge in [0.2, 0.25) is 0 Å². The predicted molar refractivity (Wildman–Crippen MR) is 115 cm³/mol. The van der Waals surface area contributed by atoms with Crippen molar-refractivity contribution < 1.29 is 18.7 Å². The minimum atomic E-state index is -0.360. The summed E-state index contributed by atoms with van der Waals surface area (Å²) in [5.74, 6) is 0.866. The molecule has 3 aromatic rings. The number of nitrogens with one attached hydrogen (secondary N) is 1. The molecular formula is C23H21FN2O3S. The molecule has 5 nitrogen and oxygen atoms in total. The molecule has 0 aliphatic heterocycles. The third-order valence-electron chi connectivity index (χ3n) is 4.10. The van der Waals surface area contributed by atoms with Crippen molar-refractivity contribution in [1.29, 1.82) is 0 Å². The van der Waals surface area contributed by atoms with Gasteiger partial charge in [-0.15, -0.1) is 11.8 Å². The average Bonchev–Trinajstić information content (AvgIpc) is 2.78. The topological polar surface area (TPSA) is 68.3 Å². The highest BCUT2D eigenvalue weighted by molar-refractivity contribution is 7.99. The van der Waals surface area contributed by atoms with Gasteiger partial charge in [-0.2, -0.15) is 0 Å². The molecule has 3 rings (SSSR count). The number of Topliss-reactive ketones (excluding diaryl/α,β-unsaturated/α-hetero) is 1. The number of ether oxygens (including phenoxy) is 1. The highest BCUT2D eigenvalue weighted by Crippen LogP contribution is 2.13. The number of amides is 1. The van der Waals surface area contributed by atoms with Gasteiger partial charge in [0.1, 0.15) is 18.2 Å². The first-order valence-electron chi connectivity index (χ1n) is 9.34. The fourth-order valence-electron chi connectivity index (χ4n) is 2.57. The van der Waals surface area contributed by atoms with Crippen LogP contribution in [0.15, 0.2) is 73.1 Å². The maximum atomic E-state index is 12.9. The maximum absolute atomic E-state index is 12.9. The van der Waals surface area contributed by atoms with Crippen molar-refractivity contribution in [1.82, 2.24) is 10.3 Å². The number of benzene rings is 2. The van der Waals surface area contributed by atoms with Crippen LogP contribution in [-0.4, -0.2) is 29.0 Å². The molecule has 1 amide bonds. The van der Waals surface area contributed by atoms with Crippen molar-refractivity contribution in [3.63, 3.8) is 0 Å². The summed E-state index contributed by atoms with van der Waals surface area (Å²) in [6.07, 6.45) is 3.09. The van der Waals surface area contributed by atoms with Gasteiger partial charge in [0.05, 0.1) is 17.9 Å². The normalized spacial score (nSPS) is 10.4. The number of para-hydroxylation sites is 1. The Morgan fingerprint density at radius 1 is 1.00 bits per heavy atom. The number of halogens is 1. The first-order valence-corrected chi connectivity index (χ1v) is 10.5. The van der Waals surface area contributed by atoms with E-state index in [0.717, 1.165) is 16.9 Å². The fourth-order valence-corrected chi connectivity index (χ4v) is 3.43. The Morgan fingerprint density at radius 2 is 1.77 bits per heavy atom. The fraction of sp³-hybridized carbons (Fsp3) is 0.174. The Kier molecular flexibility index (Phi) is 7.97. The van der Waals surface area contributed by atoms with Gasteiger partial charge in [0.25, 0.3) is 5.91 Å². The molecule has 30 heavy (non-hydrogen) atoms. The molecule has 0 spiro atoms. The van der Waals surface area contributed by atoms with Crippen LogP contribution in [0.5, 0.6) is 5.75 Å². The SMILES string of the molecule is O=C(CNC(=O)c1cncc(COc2ccccc2)c1)CSCc1ccc(F)cc1. The average molecular weight is 424 g/mol. The largest absolute Gasteiger partial charge is 0.489 e. The number of hydrogen-bond donors (Lipinski definition) is 1. The van der Waals surface area contributed by atoms with Crippen LogP contribution >= 0.6 is 11.8 Å². The van der Waals surface area contributed by atoms with Gasteiger partial charge < -0.3 is 10.1 Å².